The van der Waals surface area contributed by atoms with Crippen molar-refractivity contribution in [2.24, 2.45) is 56.2 Å². The minimum absolute atomic E-state index is 0.0457. The summed E-state index contributed by atoms with van der Waals surface area (Å²) in [5.74, 6) is 0.808. The van der Waals surface area contributed by atoms with Crippen LogP contribution in [0.15, 0.2) is 11.6 Å². The van der Waals surface area contributed by atoms with E-state index in [0.29, 0.717) is 12.2 Å². The van der Waals surface area contributed by atoms with Crippen molar-refractivity contribution in [3.8, 4) is 6.07 Å². The highest BCUT2D eigenvalue weighted by Gasteiger charge is 2.72. The lowest BCUT2D eigenvalue weighted by Crippen LogP contribution is -2.69. The molecule has 0 bridgehead atoms. The highest BCUT2D eigenvalue weighted by atomic mass is 16.1. The second-order valence-corrected chi connectivity index (χ2v) is 15.4. The van der Waals surface area contributed by atoms with Crippen LogP contribution in [-0.4, -0.2) is 17.3 Å². The predicted molar refractivity (Wildman–Crippen MR) is 140 cm³/mol. The molecule has 0 spiro atoms. The number of nitrogens with zero attached hydrogens (tertiary/aromatic N) is 1. The summed E-state index contributed by atoms with van der Waals surface area (Å²) in [5, 5.41) is 9.87. The van der Waals surface area contributed by atoms with Gasteiger partial charge in [-0.05, 0) is 91.3 Å². The van der Waals surface area contributed by atoms with Crippen molar-refractivity contribution in [1.82, 2.24) is 0 Å². The largest absolute Gasteiger partial charge is 0.299 e. The van der Waals surface area contributed by atoms with E-state index in [-0.39, 0.29) is 67.9 Å². The van der Waals surface area contributed by atoms with Gasteiger partial charge in [0.25, 0.3) is 0 Å². The summed E-state index contributed by atoms with van der Waals surface area (Å²) < 4.78 is 0. The van der Waals surface area contributed by atoms with Gasteiger partial charge in [0.05, 0.1) is 5.57 Å². The van der Waals surface area contributed by atoms with E-state index in [0.717, 1.165) is 44.9 Å². The first kappa shape index (κ1) is 25.9. The van der Waals surface area contributed by atoms with Crippen LogP contribution < -0.4 is 0 Å². The fraction of sp³-hybridized carbons (Fsp3) is 0.812. The number of rotatable bonds is 1. The van der Waals surface area contributed by atoms with Crippen molar-refractivity contribution in [2.75, 3.05) is 0 Å². The molecule has 0 aromatic carbocycles. The third-order valence-electron chi connectivity index (χ3n) is 13.2. The zero-order valence-corrected chi connectivity index (χ0v) is 23.7. The van der Waals surface area contributed by atoms with Gasteiger partial charge < -0.3 is 0 Å². The zero-order chi connectivity index (χ0) is 26.7. The van der Waals surface area contributed by atoms with Crippen LogP contribution in [0.4, 0.5) is 0 Å². The summed E-state index contributed by atoms with van der Waals surface area (Å²) in [4.78, 5) is 40.8. The lowest BCUT2D eigenvalue weighted by molar-refractivity contribution is -0.221. The molecule has 5 aliphatic rings. The van der Waals surface area contributed by atoms with E-state index in [9.17, 15) is 19.6 Å². The molecule has 4 nitrogen and oxygen atoms in total. The molecule has 0 amide bonds. The Hall–Kier alpha value is -1.76. The molecule has 0 heterocycles. The van der Waals surface area contributed by atoms with E-state index in [1.54, 1.807) is 6.92 Å². The van der Waals surface area contributed by atoms with Crippen LogP contribution in [0.25, 0.3) is 0 Å². The summed E-state index contributed by atoms with van der Waals surface area (Å²) in [6.07, 6.45) is 9.08. The number of Topliss-reactive ketones (excluding diaryl/α,β-unsaturated/α-hetero) is 3. The summed E-state index contributed by atoms with van der Waals surface area (Å²) in [5.41, 5.74) is -1.20. The fourth-order valence-electron chi connectivity index (χ4n) is 10.9. The highest BCUT2D eigenvalue weighted by Crippen LogP contribution is 2.75. The second kappa shape index (κ2) is 7.42. The first-order valence-electron chi connectivity index (χ1n) is 14.2. The van der Waals surface area contributed by atoms with Crippen molar-refractivity contribution >= 4 is 17.3 Å². The number of ketones is 3. The number of carbonyl (C=O) groups is 3. The molecule has 36 heavy (non-hydrogen) atoms. The fourth-order valence-corrected chi connectivity index (χ4v) is 10.9. The van der Waals surface area contributed by atoms with Crippen LogP contribution >= 0.6 is 0 Å². The molecule has 2 unspecified atom stereocenters. The Labute approximate surface area is 217 Å². The zero-order valence-electron chi connectivity index (χ0n) is 23.7. The molecule has 0 aromatic rings. The molecular formula is C32H45NO3. The molecular weight excluding hydrogens is 446 g/mol. The van der Waals surface area contributed by atoms with Gasteiger partial charge in [-0.2, -0.15) is 5.26 Å². The van der Waals surface area contributed by atoms with Crippen molar-refractivity contribution < 1.29 is 14.4 Å². The minimum Gasteiger partial charge on any atom is -0.299 e. The Bertz CT molecular complexity index is 1120. The van der Waals surface area contributed by atoms with Gasteiger partial charge in [0, 0.05) is 23.2 Å². The molecule has 196 valence electrons. The van der Waals surface area contributed by atoms with E-state index in [4.69, 9.17) is 0 Å². The second-order valence-electron chi connectivity index (χ2n) is 15.4. The van der Waals surface area contributed by atoms with Gasteiger partial charge >= 0.3 is 0 Å². The van der Waals surface area contributed by atoms with Crippen LogP contribution in [0.3, 0.4) is 0 Å². The molecule has 0 radical (unpaired) electrons. The Morgan fingerprint density at radius 2 is 1.56 bits per heavy atom. The SMILES string of the molecule is CC(=O)[C@]12CCC(C)(C)CC1C1C(=O)C[C@@H]3[C@@]4(C)C=C(C#N)C(=O)C(C)(C)[C@@H]4CC[C@@]3(C)[C@]1(C)CC2. The normalized spacial score (nSPS) is 48.9. The quantitative estimate of drug-likeness (QED) is 0.401. The number of nitriles is 1. The van der Waals surface area contributed by atoms with E-state index in [1.165, 1.54) is 0 Å². The van der Waals surface area contributed by atoms with Crippen LogP contribution in [0.1, 0.15) is 107 Å². The Morgan fingerprint density at radius 1 is 0.917 bits per heavy atom. The van der Waals surface area contributed by atoms with E-state index in [1.807, 2.05) is 19.9 Å². The summed E-state index contributed by atoms with van der Waals surface area (Å²) in [6.45, 7) is 17.4. The van der Waals surface area contributed by atoms with Crippen LogP contribution in [0.5, 0.6) is 0 Å². The van der Waals surface area contributed by atoms with Gasteiger partial charge in [-0.3, -0.25) is 14.4 Å². The molecule has 4 fully saturated rings. The molecule has 0 N–H and O–H groups in total. The number of fused-ring (bicyclic) bond motifs is 7. The monoisotopic (exact) mass is 491 g/mol. The van der Waals surface area contributed by atoms with Crippen molar-refractivity contribution in [1.29, 1.82) is 5.26 Å². The standard InChI is InChI=1S/C32H45NO3/c1-19(34)32-13-11-27(2,3)17-21(32)25-22(35)15-24-29(6)16-20(18-33)26(36)28(4,5)23(29)9-10-30(24,7)31(25,8)12-14-32/h16,21,23-25H,9-15,17H2,1-8H3/t21?,23-,24+,25?,29-,30+,31+,32+/m0/s1. The minimum atomic E-state index is -0.611. The van der Waals surface area contributed by atoms with E-state index >= 15 is 0 Å². The van der Waals surface area contributed by atoms with Gasteiger partial charge in [-0.25, -0.2) is 0 Å². The lowest BCUT2D eigenvalue weighted by atomic mass is 9.31. The maximum absolute atomic E-state index is 14.4. The number of hydrogen-bond acceptors (Lipinski definition) is 4. The molecule has 0 saturated heterocycles. The summed E-state index contributed by atoms with van der Waals surface area (Å²) >= 11 is 0. The van der Waals surface area contributed by atoms with Crippen molar-refractivity contribution in [3.63, 3.8) is 0 Å². The van der Waals surface area contributed by atoms with Gasteiger partial charge in [0.1, 0.15) is 17.6 Å². The van der Waals surface area contributed by atoms with Crippen molar-refractivity contribution in [3.05, 3.63) is 11.6 Å². The summed E-state index contributed by atoms with van der Waals surface area (Å²) in [7, 11) is 0. The third kappa shape index (κ3) is 2.95. The molecule has 0 aliphatic heterocycles. The van der Waals surface area contributed by atoms with Crippen LogP contribution in [-0.2, 0) is 14.4 Å². The Balaban J connectivity index is 1.65. The average Bonchev–Trinajstić information content (AvgIpc) is 2.77. The van der Waals surface area contributed by atoms with Gasteiger partial charge in [-0.1, -0.05) is 54.5 Å². The summed E-state index contributed by atoms with van der Waals surface area (Å²) in [6, 6.07) is 2.21. The molecule has 5 aliphatic carbocycles. The topological polar surface area (TPSA) is 75.0 Å². The predicted octanol–water partition coefficient (Wildman–Crippen LogP) is 6.87. The van der Waals surface area contributed by atoms with Crippen molar-refractivity contribution in [2.45, 2.75) is 107 Å². The number of hydrogen-bond donors (Lipinski definition) is 0. The van der Waals surface area contributed by atoms with Crippen LogP contribution in [0.2, 0.25) is 0 Å². The first-order chi connectivity index (χ1) is 16.5. The molecule has 8 atom stereocenters. The van der Waals surface area contributed by atoms with Crippen LogP contribution in [0, 0.1) is 67.5 Å². The smallest absolute Gasteiger partial charge is 0.178 e. The Morgan fingerprint density at radius 3 is 2.17 bits per heavy atom. The van der Waals surface area contributed by atoms with E-state index in [2.05, 4.69) is 40.7 Å². The van der Waals surface area contributed by atoms with E-state index < -0.39 is 5.41 Å². The van der Waals surface area contributed by atoms with Gasteiger partial charge in [0.2, 0.25) is 0 Å². The third-order valence-corrected chi connectivity index (χ3v) is 13.2. The first-order valence-corrected chi connectivity index (χ1v) is 14.2. The number of carbonyl (C=O) groups excluding carboxylic acids is 3. The van der Waals surface area contributed by atoms with Gasteiger partial charge in [0.15, 0.2) is 5.78 Å². The van der Waals surface area contributed by atoms with Gasteiger partial charge in [-0.15, -0.1) is 0 Å². The molecule has 4 heteroatoms. The Kier molecular flexibility index (Phi) is 5.33. The molecule has 0 aromatic heterocycles. The average molecular weight is 492 g/mol. The maximum Gasteiger partial charge on any atom is 0.178 e. The molecule has 5 rings (SSSR count). The number of allylic oxidation sites excluding steroid dienone is 2. The maximum atomic E-state index is 14.4. The lowest BCUT2D eigenvalue weighted by Gasteiger charge is -2.71. The highest BCUT2D eigenvalue weighted by molar-refractivity contribution is 6.04. The molecule has 4 saturated carbocycles.